The smallest absolute Gasteiger partial charge is 0.506 e. The van der Waals surface area contributed by atoms with Crippen LogP contribution in [0.3, 0.4) is 0 Å². The van der Waals surface area contributed by atoms with Crippen molar-refractivity contribution in [3.8, 4) is 11.5 Å². The van der Waals surface area contributed by atoms with E-state index in [9.17, 15) is 42.9 Å². The van der Waals surface area contributed by atoms with E-state index in [4.69, 9.17) is 0 Å². The van der Waals surface area contributed by atoms with Crippen molar-refractivity contribution in [1.29, 1.82) is 0 Å². The molecule has 58 heavy (non-hydrogen) atoms. The molecule has 0 aromatic heterocycles. The molecule has 2 amide bonds. The van der Waals surface area contributed by atoms with Crippen molar-refractivity contribution in [3.63, 3.8) is 0 Å². The summed E-state index contributed by atoms with van der Waals surface area (Å²) in [5.74, 6) is -1.66. The van der Waals surface area contributed by atoms with Crippen LogP contribution in [-0.4, -0.2) is 63.4 Å². The minimum absolute atomic E-state index is 0. The van der Waals surface area contributed by atoms with Gasteiger partial charge in [-0.1, -0.05) is 60.7 Å². The number of non-ortho nitro benzene ring substituents is 1. The monoisotopic (exact) mass is 861 g/mol. The van der Waals surface area contributed by atoms with Crippen LogP contribution in [0.2, 0.25) is 0 Å². The van der Waals surface area contributed by atoms with E-state index in [2.05, 4.69) is 30.7 Å². The molecule has 0 aliphatic carbocycles. The number of phenolic OH excluding ortho intramolecular Hbond substituents is 2. The van der Waals surface area contributed by atoms with Gasteiger partial charge in [-0.2, -0.15) is 49.1 Å². The number of nitrogens with zero attached hydrogens (tertiary/aromatic N) is 9. The molecular formula is C36H29CrN9Na2O9S+2. The van der Waals surface area contributed by atoms with Crippen LogP contribution in [0, 0.1) is 10.1 Å². The number of azo groups is 2. The van der Waals surface area contributed by atoms with E-state index in [-0.39, 0.29) is 110 Å². The summed E-state index contributed by atoms with van der Waals surface area (Å²) in [6.07, 6.45) is 0. The van der Waals surface area contributed by atoms with Gasteiger partial charge >= 0.3 is 59.1 Å². The van der Waals surface area contributed by atoms with E-state index >= 15 is 0 Å². The number of benzene rings is 5. The molecule has 7 rings (SSSR count). The van der Waals surface area contributed by atoms with Gasteiger partial charge in [0.1, 0.15) is 27.8 Å². The van der Waals surface area contributed by atoms with Crippen LogP contribution in [0.5, 0.6) is 11.5 Å². The van der Waals surface area contributed by atoms with Gasteiger partial charge in [-0.3, -0.25) is 24.3 Å². The Bertz CT molecular complexity index is 2580. The number of amides is 2. The zero-order valence-electron chi connectivity index (χ0n) is 31.2. The number of hydrogen-bond acceptors (Lipinski definition) is 14. The van der Waals surface area contributed by atoms with Crippen molar-refractivity contribution >= 4 is 72.6 Å². The molecule has 2 aliphatic rings. The molecule has 0 saturated heterocycles. The summed E-state index contributed by atoms with van der Waals surface area (Å²) in [7, 11) is -4.57. The standard InChI is InChI=1S/C20H16N4O5S.C16H13N5O4.Cr.2Na/c1-12-18(20(26)24(23-12)13-7-3-2-4-8-13)21-22-19-15-10-6-5-9-14(15)17(11-16(19)25)30(27,28)29;1-10-15(16(23)20(19-10)11-5-3-2-4-6-11)18-17-13-8-7-12(21(24)25)9-14(13)22;;;/h2-11,18,25H,1H3,(H,27,28,29);2-9,15,22H,1H3;;;/q;;;2*+1. The second kappa shape index (κ2) is 20.3. The van der Waals surface area contributed by atoms with E-state index in [0.717, 1.165) is 12.1 Å². The van der Waals surface area contributed by atoms with Gasteiger partial charge in [0.15, 0.2) is 12.1 Å². The van der Waals surface area contributed by atoms with Crippen LogP contribution in [-0.2, 0) is 37.1 Å². The maximum Gasteiger partial charge on any atom is 1.00 e. The summed E-state index contributed by atoms with van der Waals surface area (Å²) >= 11 is 0. The van der Waals surface area contributed by atoms with Gasteiger partial charge in [-0.25, -0.2) is 0 Å². The molecule has 284 valence electrons. The number of carbonyl (C=O) groups excluding carboxylic acids is 2. The fourth-order valence-electron chi connectivity index (χ4n) is 5.46. The van der Waals surface area contributed by atoms with Gasteiger partial charge in [0.25, 0.3) is 27.6 Å². The second-order valence-electron chi connectivity index (χ2n) is 11.9. The molecule has 18 nitrogen and oxygen atoms in total. The number of nitro groups is 1. The van der Waals surface area contributed by atoms with E-state index in [0.29, 0.717) is 22.8 Å². The molecule has 2 aliphatic heterocycles. The predicted molar refractivity (Wildman–Crippen MR) is 201 cm³/mol. The zero-order valence-corrected chi connectivity index (χ0v) is 37.3. The largest absolute Gasteiger partial charge is 1.00 e. The fourth-order valence-corrected chi connectivity index (χ4v) is 6.18. The maximum atomic E-state index is 12.8. The summed E-state index contributed by atoms with van der Waals surface area (Å²) in [4.78, 5) is 34.8. The van der Waals surface area contributed by atoms with Crippen molar-refractivity contribution < 1.29 is 114 Å². The van der Waals surface area contributed by atoms with E-state index < -0.39 is 49.4 Å². The molecule has 5 aromatic rings. The minimum Gasteiger partial charge on any atom is -0.506 e. The van der Waals surface area contributed by atoms with Crippen LogP contribution in [0.15, 0.2) is 145 Å². The molecule has 0 radical (unpaired) electrons. The average Bonchev–Trinajstić information content (AvgIpc) is 3.62. The van der Waals surface area contributed by atoms with Crippen LogP contribution < -0.4 is 69.1 Å². The molecule has 0 spiro atoms. The van der Waals surface area contributed by atoms with E-state index in [1.807, 2.05) is 12.1 Å². The Hall–Kier alpha value is -4.72. The number of rotatable bonds is 8. The van der Waals surface area contributed by atoms with Crippen LogP contribution in [0.4, 0.5) is 28.4 Å². The number of aromatic hydroxyl groups is 2. The van der Waals surface area contributed by atoms with Gasteiger partial charge in [-0.15, -0.1) is 0 Å². The summed E-state index contributed by atoms with van der Waals surface area (Å²) in [5, 5.41) is 58.0. The van der Waals surface area contributed by atoms with Crippen LogP contribution in [0.1, 0.15) is 13.8 Å². The molecular weight excluding hydrogens is 832 g/mol. The molecule has 22 heteroatoms. The molecule has 0 bridgehead atoms. The minimum atomic E-state index is -4.57. The first-order chi connectivity index (χ1) is 26.2. The van der Waals surface area contributed by atoms with Crippen LogP contribution in [0.25, 0.3) is 10.8 Å². The first-order valence-electron chi connectivity index (χ1n) is 16.1. The SMILES string of the molecule is CC1=NN(c2ccccc2)C(=O)C1N=Nc1c(O)cc(S(=O)(=O)O)c2ccccc12.CC1=NN(c2ccccc2)C(=O)C1N=Nc1ccc([N+](=O)[O-])cc1O.[Cr].[Na+].[Na+]. The first kappa shape index (κ1) is 47.7. The molecule has 3 N–H and O–H groups in total. The van der Waals surface area contributed by atoms with Gasteiger partial charge in [-0.05, 0) is 44.2 Å². The number of hydrazone groups is 2. The Morgan fingerprint density at radius 2 is 1.16 bits per heavy atom. The van der Waals surface area contributed by atoms with E-state index in [1.165, 1.54) is 34.3 Å². The summed E-state index contributed by atoms with van der Waals surface area (Å²) in [5.41, 5.74) is 1.83. The Balaban J connectivity index is 0.000000300. The third-order valence-electron chi connectivity index (χ3n) is 8.15. The molecule has 0 saturated carbocycles. The van der Waals surface area contributed by atoms with Crippen LogP contribution >= 0.6 is 0 Å². The number of anilines is 2. The molecule has 2 atom stereocenters. The van der Waals surface area contributed by atoms with Crippen molar-refractivity contribution in [2.45, 2.75) is 30.8 Å². The maximum absolute atomic E-state index is 12.8. The Kier molecular flexibility index (Phi) is 16.7. The topological polar surface area (TPSA) is 253 Å². The molecule has 2 unspecified atom stereocenters. The van der Waals surface area contributed by atoms with Crippen molar-refractivity contribution in [2.24, 2.45) is 30.7 Å². The Morgan fingerprint density at radius 1 is 0.690 bits per heavy atom. The normalized spacial score (nSPS) is 16.3. The summed E-state index contributed by atoms with van der Waals surface area (Å²) in [6, 6.07) is 26.4. The number of hydrogen-bond donors (Lipinski definition) is 3. The molecule has 2 heterocycles. The quantitative estimate of drug-likeness (QED) is 0.0657. The summed E-state index contributed by atoms with van der Waals surface area (Å²) < 4.78 is 32.8. The third kappa shape index (κ3) is 10.5. The molecule has 0 fully saturated rings. The predicted octanol–water partition coefficient (Wildman–Crippen LogP) is 0.848. The van der Waals surface area contributed by atoms with Gasteiger partial charge in [0.05, 0.1) is 33.8 Å². The average molecular weight is 862 g/mol. The van der Waals surface area contributed by atoms with Crippen molar-refractivity contribution in [2.75, 3.05) is 10.0 Å². The Labute approximate surface area is 385 Å². The number of carbonyl (C=O) groups is 2. The number of fused-ring (bicyclic) bond motifs is 1. The summed E-state index contributed by atoms with van der Waals surface area (Å²) in [6.45, 7) is 3.30. The van der Waals surface area contributed by atoms with E-state index in [1.54, 1.807) is 74.5 Å². The van der Waals surface area contributed by atoms with Gasteiger partial charge < -0.3 is 10.2 Å². The number of nitro benzene ring substituents is 1. The number of phenols is 2. The Morgan fingerprint density at radius 3 is 1.62 bits per heavy atom. The molecule has 5 aromatic carbocycles. The van der Waals surface area contributed by atoms with Crippen molar-refractivity contribution in [3.05, 3.63) is 119 Å². The fraction of sp³-hybridized carbons (Fsp3) is 0.111. The first-order valence-corrected chi connectivity index (χ1v) is 17.6. The second-order valence-corrected chi connectivity index (χ2v) is 13.3. The number of para-hydroxylation sites is 2. The van der Waals surface area contributed by atoms with Gasteiger partial charge in [0, 0.05) is 40.3 Å². The van der Waals surface area contributed by atoms with Gasteiger partial charge in [0.2, 0.25) is 0 Å². The third-order valence-corrected chi connectivity index (χ3v) is 9.05. The van der Waals surface area contributed by atoms with Crippen molar-refractivity contribution in [1.82, 2.24) is 0 Å². The zero-order chi connectivity index (χ0) is 39.4.